The maximum absolute atomic E-state index is 12.8. The fourth-order valence-electron chi connectivity index (χ4n) is 2.16. The molecule has 0 aliphatic rings. The normalized spacial score (nSPS) is 12.6. The Morgan fingerprint density at radius 1 is 1.09 bits per heavy atom. The van der Waals surface area contributed by atoms with Gasteiger partial charge in [-0.2, -0.15) is 13.2 Å². The maximum Gasteiger partial charge on any atom is 0.416 e. The number of hydrogen-bond donors (Lipinski definition) is 1. The van der Waals surface area contributed by atoms with Crippen molar-refractivity contribution >= 4 is 5.82 Å². The van der Waals surface area contributed by atoms with E-state index in [4.69, 9.17) is 9.47 Å². The van der Waals surface area contributed by atoms with Crippen LogP contribution in [0.3, 0.4) is 0 Å². The molecule has 0 radical (unpaired) electrons. The zero-order chi connectivity index (χ0) is 17.0. The number of nitrogens with zero attached hydrogens (tertiary/aromatic N) is 1. The number of anilines is 1. The molecule has 0 aliphatic carbocycles. The summed E-state index contributed by atoms with van der Waals surface area (Å²) in [6.45, 7) is 1.80. The SMILES string of the molecule is COc1ccc(OC)c(C(C)Nc2cc(C(F)(F)F)ccn2)c1. The van der Waals surface area contributed by atoms with Crippen LogP contribution in [0.4, 0.5) is 19.0 Å². The number of alkyl halides is 3. The number of methoxy groups -OCH3 is 2. The number of halogens is 3. The molecule has 0 bridgehead atoms. The molecule has 1 atom stereocenters. The van der Waals surface area contributed by atoms with Gasteiger partial charge >= 0.3 is 6.18 Å². The van der Waals surface area contributed by atoms with E-state index >= 15 is 0 Å². The molecule has 2 aromatic rings. The molecule has 4 nitrogen and oxygen atoms in total. The van der Waals surface area contributed by atoms with Gasteiger partial charge in [0.25, 0.3) is 0 Å². The molecule has 0 saturated carbocycles. The van der Waals surface area contributed by atoms with E-state index < -0.39 is 11.7 Å². The van der Waals surface area contributed by atoms with Crippen LogP contribution in [0.2, 0.25) is 0 Å². The van der Waals surface area contributed by atoms with Crippen LogP contribution in [-0.2, 0) is 6.18 Å². The standard InChI is InChI=1S/C16H17F3N2O2/c1-10(13-9-12(22-2)4-5-14(13)23-3)21-15-8-11(6-7-20-15)16(17,18)19/h4-10H,1-3H3,(H,20,21). The molecule has 0 amide bonds. The molecule has 1 heterocycles. The molecule has 1 aromatic heterocycles. The predicted octanol–water partition coefficient (Wildman–Crippen LogP) is 4.29. The van der Waals surface area contributed by atoms with Gasteiger partial charge in [0.05, 0.1) is 25.8 Å². The molecular formula is C16H17F3N2O2. The molecule has 23 heavy (non-hydrogen) atoms. The van der Waals surface area contributed by atoms with Gasteiger partial charge < -0.3 is 14.8 Å². The minimum Gasteiger partial charge on any atom is -0.497 e. The monoisotopic (exact) mass is 326 g/mol. The second kappa shape index (κ2) is 6.76. The highest BCUT2D eigenvalue weighted by atomic mass is 19.4. The summed E-state index contributed by atoms with van der Waals surface area (Å²) in [6, 6.07) is 6.84. The van der Waals surface area contributed by atoms with Gasteiger partial charge in [-0.3, -0.25) is 0 Å². The molecule has 1 aromatic carbocycles. The number of ether oxygens (including phenoxy) is 2. The van der Waals surface area contributed by atoms with E-state index in [1.54, 1.807) is 25.1 Å². The van der Waals surface area contributed by atoms with Crippen molar-refractivity contribution in [3.05, 3.63) is 47.7 Å². The fourth-order valence-corrected chi connectivity index (χ4v) is 2.16. The number of pyridine rings is 1. The third-order valence-corrected chi connectivity index (χ3v) is 3.36. The van der Waals surface area contributed by atoms with Crippen LogP contribution in [-0.4, -0.2) is 19.2 Å². The predicted molar refractivity (Wildman–Crippen MR) is 80.8 cm³/mol. The third kappa shape index (κ3) is 4.06. The minimum atomic E-state index is -4.41. The Balaban J connectivity index is 2.27. The Kier molecular flexibility index (Phi) is 4.98. The van der Waals surface area contributed by atoms with Gasteiger partial charge in [0.2, 0.25) is 0 Å². The van der Waals surface area contributed by atoms with E-state index in [2.05, 4.69) is 10.3 Å². The maximum atomic E-state index is 12.8. The number of aromatic nitrogens is 1. The van der Waals surface area contributed by atoms with E-state index in [9.17, 15) is 13.2 Å². The van der Waals surface area contributed by atoms with E-state index in [-0.39, 0.29) is 11.9 Å². The highest BCUT2D eigenvalue weighted by molar-refractivity contribution is 5.47. The van der Waals surface area contributed by atoms with Gasteiger partial charge in [-0.15, -0.1) is 0 Å². The molecule has 124 valence electrons. The van der Waals surface area contributed by atoms with Crippen molar-refractivity contribution in [1.82, 2.24) is 4.98 Å². The number of hydrogen-bond acceptors (Lipinski definition) is 4. The lowest BCUT2D eigenvalue weighted by Gasteiger charge is -2.19. The summed E-state index contributed by atoms with van der Waals surface area (Å²) in [5.74, 6) is 1.38. The Hall–Kier alpha value is -2.44. The first kappa shape index (κ1) is 16.9. The number of nitrogens with one attached hydrogen (secondary N) is 1. The lowest BCUT2D eigenvalue weighted by Crippen LogP contribution is -2.11. The second-order valence-corrected chi connectivity index (χ2v) is 4.90. The van der Waals surface area contributed by atoms with Crippen LogP contribution in [0.1, 0.15) is 24.1 Å². The van der Waals surface area contributed by atoms with Crippen molar-refractivity contribution in [3.8, 4) is 11.5 Å². The van der Waals surface area contributed by atoms with Crippen molar-refractivity contribution in [2.24, 2.45) is 0 Å². The lowest BCUT2D eigenvalue weighted by molar-refractivity contribution is -0.137. The highest BCUT2D eigenvalue weighted by Crippen LogP contribution is 2.33. The van der Waals surface area contributed by atoms with Crippen LogP contribution in [0.15, 0.2) is 36.5 Å². The van der Waals surface area contributed by atoms with Crippen molar-refractivity contribution in [2.45, 2.75) is 19.1 Å². The first-order valence-electron chi connectivity index (χ1n) is 6.87. The summed E-state index contributed by atoms with van der Waals surface area (Å²) in [5, 5.41) is 2.95. The average molecular weight is 326 g/mol. The quantitative estimate of drug-likeness (QED) is 0.890. The summed E-state index contributed by atoms with van der Waals surface area (Å²) in [6.07, 6.45) is -3.28. The van der Waals surface area contributed by atoms with Gasteiger partial charge in [-0.05, 0) is 37.3 Å². The second-order valence-electron chi connectivity index (χ2n) is 4.90. The van der Waals surface area contributed by atoms with E-state index in [0.717, 1.165) is 23.9 Å². The zero-order valence-corrected chi connectivity index (χ0v) is 12.9. The zero-order valence-electron chi connectivity index (χ0n) is 12.9. The number of benzene rings is 1. The first-order chi connectivity index (χ1) is 10.8. The minimum absolute atomic E-state index is 0.136. The van der Waals surface area contributed by atoms with Gasteiger partial charge in [-0.1, -0.05) is 0 Å². The van der Waals surface area contributed by atoms with Crippen molar-refractivity contribution in [2.75, 3.05) is 19.5 Å². The molecule has 1 N–H and O–H groups in total. The van der Waals surface area contributed by atoms with E-state index in [0.29, 0.717) is 11.5 Å². The van der Waals surface area contributed by atoms with Crippen LogP contribution in [0.5, 0.6) is 11.5 Å². The summed E-state index contributed by atoms with van der Waals surface area (Å²) >= 11 is 0. The summed E-state index contributed by atoms with van der Waals surface area (Å²) < 4.78 is 48.7. The van der Waals surface area contributed by atoms with Crippen molar-refractivity contribution in [3.63, 3.8) is 0 Å². The van der Waals surface area contributed by atoms with Gasteiger partial charge in [0.1, 0.15) is 17.3 Å². The van der Waals surface area contributed by atoms with Gasteiger partial charge in [0.15, 0.2) is 0 Å². The Morgan fingerprint density at radius 3 is 2.43 bits per heavy atom. The highest BCUT2D eigenvalue weighted by Gasteiger charge is 2.30. The Bertz CT molecular complexity index is 675. The number of rotatable bonds is 5. The molecule has 2 rings (SSSR count). The summed E-state index contributed by atoms with van der Waals surface area (Å²) in [4.78, 5) is 3.93. The van der Waals surface area contributed by atoms with E-state index in [1.165, 1.54) is 14.2 Å². The summed E-state index contributed by atoms with van der Waals surface area (Å²) in [5.41, 5.74) is 0.00543. The summed E-state index contributed by atoms with van der Waals surface area (Å²) in [7, 11) is 3.07. The van der Waals surface area contributed by atoms with Crippen molar-refractivity contribution in [1.29, 1.82) is 0 Å². The Labute approximate surface area is 132 Å². The lowest BCUT2D eigenvalue weighted by atomic mass is 10.1. The smallest absolute Gasteiger partial charge is 0.416 e. The fraction of sp³-hybridized carbons (Fsp3) is 0.312. The molecular weight excluding hydrogens is 309 g/mol. The Morgan fingerprint density at radius 2 is 1.83 bits per heavy atom. The van der Waals surface area contributed by atoms with E-state index in [1.807, 2.05) is 0 Å². The van der Waals surface area contributed by atoms with Gasteiger partial charge in [0, 0.05) is 11.8 Å². The van der Waals surface area contributed by atoms with Crippen LogP contribution >= 0.6 is 0 Å². The largest absolute Gasteiger partial charge is 0.497 e. The van der Waals surface area contributed by atoms with Crippen molar-refractivity contribution < 1.29 is 22.6 Å². The molecule has 7 heteroatoms. The average Bonchev–Trinajstić information content (AvgIpc) is 2.53. The first-order valence-corrected chi connectivity index (χ1v) is 6.87. The molecule has 0 saturated heterocycles. The molecule has 0 fully saturated rings. The molecule has 0 spiro atoms. The van der Waals surface area contributed by atoms with Crippen LogP contribution < -0.4 is 14.8 Å². The van der Waals surface area contributed by atoms with Crippen LogP contribution in [0, 0.1) is 0 Å². The topological polar surface area (TPSA) is 43.4 Å². The molecule has 1 unspecified atom stereocenters. The van der Waals surface area contributed by atoms with Crippen LogP contribution in [0.25, 0.3) is 0 Å². The third-order valence-electron chi connectivity index (χ3n) is 3.36. The van der Waals surface area contributed by atoms with Gasteiger partial charge in [-0.25, -0.2) is 4.98 Å². The molecule has 0 aliphatic heterocycles.